The number of hydrogen-bond acceptors (Lipinski definition) is 5. The number of carbonyl (C=O) groups is 1. The van der Waals surface area contributed by atoms with Gasteiger partial charge in [0, 0.05) is 11.8 Å². The molecule has 0 radical (unpaired) electrons. The van der Waals surface area contributed by atoms with Gasteiger partial charge in [-0.05, 0) is 24.3 Å². The summed E-state index contributed by atoms with van der Waals surface area (Å²) in [6.45, 7) is 0.0146. The van der Waals surface area contributed by atoms with Crippen molar-refractivity contribution in [3.8, 4) is 11.8 Å². The third-order valence-electron chi connectivity index (χ3n) is 3.60. The Morgan fingerprint density at radius 2 is 2.12 bits per heavy atom. The number of para-hydroxylation sites is 1. The molecule has 0 fully saturated rings. The summed E-state index contributed by atoms with van der Waals surface area (Å²) in [6, 6.07) is 16.8. The molecule has 0 bridgehead atoms. The maximum absolute atomic E-state index is 12.5. The molecule has 0 aliphatic rings. The topological polar surface area (TPSA) is 82.0 Å². The normalized spacial score (nSPS) is 10.4. The van der Waals surface area contributed by atoms with Gasteiger partial charge < -0.3 is 9.72 Å². The highest BCUT2D eigenvalue weighted by atomic mass is 32.2. The molecule has 3 aromatic rings. The fourth-order valence-corrected chi connectivity index (χ4v) is 3.13. The number of amides is 1. The zero-order valence-corrected chi connectivity index (χ0v) is 14.4. The number of fused-ring (bicyclic) bond motifs is 1. The van der Waals surface area contributed by atoms with Crippen LogP contribution in [0.15, 0.2) is 53.7 Å². The number of nitriles is 1. The number of imidazole rings is 1. The number of hydrogen-bond donors (Lipinski definition) is 1. The van der Waals surface area contributed by atoms with Crippen molar-refractivity contribution in [2.75, 3.05) is 24.3 Å². The molecule has 0 atom stereocenters. The predicted molar refractivity (Wildman–Crippen MR) is 97.8 cm³/mol. The molecule has 7 heteroatoms. The van der Waals surface area contributed by atoms with E-state index in [4.69, 9.17) is 10.00 Å². The lowest BCUT2D eigenvalue weighted by Crippen LogP contribution is -2.32. The number of nitrogens with one attached hydrogen (secondary N) is 1. The maximum atomic E-state index is 12.5. The molecule has 1 amide bonds. The van der Waals surface area contributed by atoms with E-state index in [1.165, 1.54) is 16.7 Å². The van der Waals surface area contributed by atoms with Crippen LogP contribution in [-0.4, -0.2) is 35.3 Å². The molecule has 0 saturated carbocycles. The molecule has 2 aromatic carbocycles. The minimum Gasteiger partial charge on any atom is -0.497 e. The highest BCUT2D eigenvalue weighted by Crippen LogP contribution is 2.24. The van der Waals surface area contributed by atoms with Crippen molar-refractivity contribution < 1.29 is 9.53 Å². The van der Waals surface area contributed by atoms with Crippen LogP contribution in [0.2, 0.25) is 0 Å². The molecule has 0 spiro atoms. The van der Waals surface area contributed by atoms with Gasteiger partial charge in [0.1, 0.15) is 12.3 Å². The summed E-state index contributed by atoms with van der Waals surface area (Å²) in [5.41, 5.74) is 2.38. The van der Waals surface area contributed by atoms with Crippen LogP contribution in [0, 0.1) is 11.3 Å². The number of thioether (sulfide) groups is 1. The highest BCUT2D eigenvalue weighted by molar-refractivity contribution is 7.99. The number of benzene rings is 2. The number of carbonyl (C=O) groups excluding carboxylic acids is 1. The molecule has 0 unspecified atom stereocenters. The van der Waals surface area contributed by atoms with Gasteiger partial charge in [0.15, 0.2) is 5.16 Å². The van der Waals surface area contributed by atoms with Crippen molar-refractivity contribution in [2.24, 2.45) is 0 Å². The highest BCUT2D eigenvalue weighted by Gasteiger charge is 2.16. The van der Waals surface area contributed by atoms with Gasteiger partial charge in [-0.15, -0.1) is 0 Å². The lowest BCUT2D eigenvalue weighted by Gasteiger charge is -2.19. The van der Waals surface area contributed by atoms with Gasteiger partial charge in [-0.1, -0.05) is 30.0 Å². The lowest BCUT2D eigenvalue weighted by atomic mass is 10.3. The molecule has 1 N–H and O–H groups in total. The lowest BCUT2D eigenvalue weighted by molar-refractivity contribution is -0.116. The van der Waals surface area contributed by atoms with E-state index in [9.17, 15) is 4.79 Å². The van der Waals surface area contributed by atoms with Gasteiger partial charge in [0.05, 0.1) is 30.0 Å². The van der Waals surface area contributed by atoms with Crippen molar-refractivity contribution in [1.29, 1.82) is 5.26 Å². The van der Waals surface area contributed by atoms with Gasteiger partial charge in [-0.25, -0.2) is 4.98 Å². The Labute approximate surface area is 149 Å². The first-order valence-corrected chi connectivity index (χ1v) is 8.58. The van der Waals surface area contributed by atoms with Crippen molar-refractivity contribution >= 4 is 34.4 Å². The quantitative estimate of drug-likeness (QED) is 0.544. The first-order chi connectivity index (χ1) is 12.2. The SMILES string of the molecule is COc1ccc2nc(SCC(=O)N(CC#N)c3ccccc3)[nH]c2c1. The molecule has 126 valence electrons. The Balaban J connectivity index is 1.71. The summed E-state index contributed by atoms with van der Waals surface area (Å²) in [4.78, 5) is 21.6. The zero-order valence-electron chi connectivity index (χ0n) is 13.6. The Morgan fingerprint density at radius 1 is 1.32 bits per heavy atom. The number of H-pyrrole nitrogens is 1. The van der Waals surface area contributed by atoms with Gasteiger partial charge in [0.25, 0.3) is 0 Å². The van der Waals surface area contributed by atoms with E-state index < -0.39 is 0 Å². The third-order valence-corrected chi connectivity index (χ3v) is 4.46. The number of methoxy groups -OCH3 is 1. The second kappa shape index (κ2) is 7.73. The van der Waals surface area contributed by atoms with Crippen LogP contribution in [0.25, 0.3) is 11.0 Å². The minimum atomic E-state index is -0.143. The van der Waals surface area contributed by atoms with E-state index in [1.807, 2.05) is 54.6 Å². The van der Waals surface area contributed by atoms with Gasteiger partial charge in [-0.3, -0.25) is 9.69 Å². The summed E-state index contributed by atoms with van der Waals surface area (Å²) in [5.74, 6) is 0.789. The second-order valence-corrected chi connectivity index (χ2v) is 6.15. The molecular weight excluding hydrogens is 336 g/mol. The van der Waals surface area contributed by atoms with E-state index in [2.05, 4.69) is 9.97 Å². The number of anilines is 1. The molecule has 0 saturated heterocycles. The molecule has 1 aromatic heterocycles. The van der Waals surface area contributed by atoms with E-state index in [0.29, 0.717) is 10.8 Å². The first kappa shape index (κ1) is 16.9. The van der Waals surface area contributed by atoms with Crippen LogP contribution in [-0.2, 0) is 4.79 Å². The Kier molecular flexibility index (Phi) is 5.21. The number of rotatable bonds is 6. The molecule has 6 nitrogen and oxygen atoms in total. The Morgan fingerprint density at radius 3 is 2.84 bits per heavy atom. The molecular formula is C18H16N4O2S. The van der Waals surface area contributed by atoms with E-state index in [1.54, 1.807) is 7.11 Å². The van der Waals surface area contributed by atoms with Crippen molar-refractivity contribution in [1.82, 2.24) is 9.97 Å². The van der Waals surface area contributed by atoms with Crippen LogP contribution in [0.4, 0.5) is 5.69 Å². The third kappa shape index (κ3) is 3.92. The van der Waals surface area contributed by atoms with Gasteiger partial charge in [0.2, 0.25) is 5.91 Å². The minimum absolute atomic E-state index is 0.0146. The fourth-order valence-electron chi connectivity index (χ4n) is 2.37. The standard InChI is InChI=1S/C18H16N4O2S/c1-24-14-7-8-15-16(11-14)21-18(20-15)25-12-17(23)22(10-9-19)13-5-3-2-4-6-13/h2-8,11H,10,12H2,1H3,(H,20,21). The average Bonchev–Trinajstić information content (AvgIpc) is 3.06. The number of aromatic nitrogens is 2. The molecule has 3 rings (SSSR count). The summed E-state index contributed by atoms with van der Waals surface area (Å²) in [7, 11) is 1.61. The second-order valence-electron chi connectivity index (χ2n) is 5.19. The first-order valence-electron chi connectivity index (χ1n) is 7.60. The van der Waals surface area contributed by atoms with Crippen LogP contribution in [0.5, 0.6) is 5.75 Å². The predicted octanol–water partition coefficient (Wildman–Crippen LogP) is 3.22. The molecule has 1 heterocycles. The monoisotopic (exact) mass is 352 g/mol. The van der Waals surface area contributed by atoms with Crippen LogP contribution in [0.1, 0.15) is 0 Å². The summed E-state index contributed by atoms with van der Waals surface area (Å²) < 4.78 is 5.19. The number of aromatic amines is 1. The van der Waals surface area contributed by atoms with Crippen molar-refractivity contribution in [2.45, 2.75) is 5.16 Å². The molecule has 0 aliphatic carbocycles. The molecule has 25 heavy (non-hydrogen) atoms. The van der Waals surface area contributed by atoms with Crippen molar-refractivity contribution in [3.05, 3.63) is 48.5 Å². The summed E-state index contributed by atoms with van der Waals surface area (Å²) >= 11 is 1.31. The van der Waals surface area contributed by atoms with Crippen LogP contribution in [0.3, 0.4) is 0 Å². The van der Waals surface area contributed by atoms with Crippen LogP contribution < -0.4 is 9.64 Å². The van der Waals surface area contributed by atoms with Gasteiger partial charge >= 0.3 is 0 Å². The van der Waals surface area contributed by atoms with Crippen molar-refractivity contribution in [3.63, 3.8) is 0 Å². The number of ether oxygens (including phenoxy) is 1. The maximum Gasteiger partial charge on any atom is 0.238 e. The smallest absolute Gasteiger partial charge is 0.238 e. The Bertz CT molecular complexity index is 918. The van der Waals surface area contributed by atoms with Gasteiger partial charge in [-0.2, -0.15) is 5.26 Å². The number of nitrogens with zero attached hydrogens (tertiary/aromatic N) is 3. The Hall–Kier alpha value is -2.98. The fraction of sp³-hybridized carbons (Fsp3) is 0.167. The average molecular weight is 352 g/mol. The molecule has 0 aliphatic heterocycles. The summed E-state index contributed by atoms with van der Waals surface area (Å²) in [5, 5.41) is 9.65. The van der Waals surface area contributed by atoms with Crippen LogP contribution >= 0.6 is 11.8 Å². The van der Waals surface area contributed by atoms with E-state index in [-0.39, 0.29) is 18.2 Å². The zero-order chi connectivity index (χ0) is 17.6. The largest absolute Gasteiger partial charge is 0.497 e. The van der Waals surface area contributed by atoms with E-state index in [0.717, 1.165) is 16.8 Å². The van der Waals surface area contributed by atoms with E-state index >= 15 is 0 Å². The summed E-state index contributed by atoms with van der Waals surface area (Å²) in [6.07, 6.45) is 0.